The topological polar surface area (TPSA) is 49.8 Å². The summed E-state index contributed by atoms with van der Waals surface area (Å²) in [6.07, 6.45) is 2.68. The highest BCUT2D eigenvalue weighted by molar-refractivity contribution is 9.10. The van der Waals surface area contributed by atoms with Crippen molar-refractivity contribution in [2.45, 2.75) is 12.5 Å². The normalized spacial score (nSPS) is 16.6. The molecule has 1 fully saturated rings. The molecule has 0 radical (unpaired) electrons. The number of hydrogen-bond donors (Lipinski definition) is 0. The van der Waals surface area contributed by atoms with Crippen LogP contribution in [0.2, 0.25) is 0 Å². The lowest BCUT2D eigenvalue weighted by Gasteiger charge is -2.15. The highest BCUT2D eigenvalue weighted by Gasteiger charge is 2.18. The molecular formula is C20H18BrNO4. The molecule has 5 nitrogen and oxygen atoms in total. The molecule has 0 aliphatic carbocycles. The van der Waals surface area contributed by atoms with E-state index < -0.39 is 0 Å². The molecule has 4 rings (SSSR count). The Balaban J connectivity index is 1.66. The summed E-state index contributed by atoms with van der Waals surface area (Å²) in [6.45, 7) is 1.34. The highest BCUT2D eigenvalue weighted by Crippen LogP contribution is 2.35. The molecule has 1 aromatic heterocycles. The number of ether oxygens (including phenoxy) is 4. The summed E-state index contributed by atoms with van der Waals surface area (Å²) >= 11 is 3.50. The Labute approximate surface area is 160 Å². The Morgan fingerprint density at radius 3 is 2.73 bits per heavy atom. The molecular weight excluding hydrogens is 398 g/mol. The molecule has 0 N–H and O–H groups in total. The Morgan fingerprint density at radius 2 is 1.92 bits per heavy atom. The van der Waals surface area contributed by atoms with Gasteiger partial charge in [-0.15, -0.1) is 0 Å². The van der Waals surface area contributed by atoms with Gasteiger partial charge in [-0.05, 0) is 24.3 Å². The van der Waals surface area contributed by atoms with Crippen molar-refractivity contribution in [3.8, 4) is 23.0 Å². The van der Waals surface area contributed by atoms with Crippen LogP contribution in [0.15, 0.2) is 53.1 Å². The molecule has 0 amide bonds. The van der Waals surface area contributed by atoms with Crippen LogP contribution in [0.1, 0.15) is 6.42 Å². The van der Waals surface area contributed by atoms with Crippen LogP contribution in [0.5, 0.6) is 23.0 Å². The van der Waals surface area contributed by atoms with Gasteiger partial charge in [0.05, 0.1) is 25.8 Å². The van der Waals surface area contributed by atoms with E-state index in [0.29, 0.717) is 23.9 Å². The monoisotopic (exact) mass is 415 g/mol. The summed E-state index contributed by atoms with van der Waals surface area (Å²) in [4.78, 5) is 4.38. The molecule has 1 atom stereocenters. The maximum absolute atomic E-state index is 6.14. The number of aromatic nitrogens is 1. The number of fused-ring (bicyclic) bond motifs is 1. The summed E-state index contributed by atoms with van der Waals surface area (Å²) in [5, 5.41) is 0.927. The quantitative estimate of drug-likeness (QED) is 0.588. The lowest BCUT2D eigenvalue weighted by molar-refractivity contribution is 0.141. The minimum absolute atomic E-state index is 0.0627. The molecule has 26 heavy (non-hydrogen) atoms. The number of halogens is 1. The van der Waals surface area contributed by atoms with E-state index in [2.05, 4.69) is 20.9 Å². The Morgan fingerprint density at radius 1 is 1.08 bits per heavy atom. The minimum atomic E-state index is 0.0627. The van der Waals surface area contributed by atoms with E-state index in [1.807, 2.05) is 42.5 Å². The zero-order valence-corrected chi connectivity index (χ0v) is 15.9. The first-order valence-electron chi connectivity index (χ1n) is 8.37. The standard InChI is InChI=1S/C20H18BrNO4/c1-23-15-9-16(25-14-5-7-24-12-14)11-17(10-15)26-20-4-6-22-19-3-2-13(21)8-18(19)20/h2-4,6,8-11,14H,5,7,12H2,1H3. The van der Waals surface area contributed by atoms with Crippen molar-refractivity contribution in [2.75, 3.05) is 20.3 Å². The number of hydrogen-bond acceptors (Lipinski definition) is 5. The van der Waals surface area contributed by atoms with Crippen molar-refractivity contribution < 1.29 is 18.9 Å². The van der Waals surface area contributed by atoms with Crippen LogP contribution in [0.3, 0.4) is 0 Å². The summed E-state index contributed by atoms with van der Waals surface area (Å²) in [5.74, 6) is 2.75. The van der Waals surface area contributed by atoms with Gasteiger partial charge in [0.15, 0.2) is 0 Å². The van der Waals surface area contributed by atoms with E-state index >= 15 is 0 Å². The van der Waals surface area contributed by atoms with Crippen molar-refractivity contribution >= 4 is 26.8 Å². The van der Waals surface area contributed by atoms with Gasteiger partial charge >= 0.3 is 0 Å². The number of pyridine rings is 1. The number of benzene rings is 2. The van der Waals surface area contributed by atoms with E-state index in [1.165, 1.54) is 0 Å². The lowest BCUT2D eigenvalue weighted by Crippen LogP contribution is -2.15. The second kappa shape index (κ2) is 7.51. The predicted molar refractivity (Wildman–Crippen MR) is 102 cm³/mol. The van der Waals surface area contributed by atoms with Gasteiger partial charge in [-0.3, -0.25) is 4.98 Å². The van der Waals surface area contributed by atoms with Crippen LogP contribution in [0.25, 0.3) is 10.9 Å². The molecule has 0 bridgehead atoms. The second-order valence-electron chi connectivity index (χ2n) is 6.02. The fourth-order valence-corrected chi connectivity index (χ4v) is 3.26. The van der Waals surface area contributed by atoms with Crippen LogP contribution >= 0.6 is 15.9 Å². The molecule has 0 spiro atoms. The van der Waals surface area contributed by atoms with Gasteiger partial charge in [0.25, 0.3) is 0 Å². The first-order chi connectivity index (χ1) is 12.7. The Kier molecular flexibility index (Phi) is 4.95. The van der Waals surface area contributed by atoms with Gasteiger partial charge in [0.1, 0.15) is 29.1 Å². The number of methoxy groups -OCH3 is 1. The SMILES string of the molecule is COc1cc(Oc2ccnc3ccc(Br)cc23)cc(OC2CCOC2)c1. The lowest BCUT2D eigenvalue weighted by atomic mass is 10.2. The Bertz CT molecular complexity index is 925. The van der Waals surface area contributed by atoms with Gasteiger partial charge < -0.3 is 18.9 Å². The maximum Gasteiger partial charge on any atom is 0.138 e. The molecule has 1 aliphatic rings. The highest BCUT2D eigenvalue weighted by atomic mass is 79.9. The largest absolute Gasteiger partial charge is 0.496 e. The average Bonchev–Trinajstić information content (AvgIpc) is 3.15. The van der Waals surface area contributed by atoms with E-state index in [9.17, 15) is 0 Å². The first-order valence-corrected chi connectivity index (χ1v) is 9.16. The molecule has 3 aromatic rings. The van der Waals surface area contributed by atoms with Crippen molar-refractivity contribution in [3.63, 3.8) is 0 Å². The number of rotatable bonds is 5. The predicted octanol–water partition coefficient (Wildman–Crippen LogP) is 4.97. The molecule has 134 valence electrons. The third-order valence-electron chi connectivity index (χ3n) is 4.17. The zero-order chi connectivity index (χ0) is 17.9. The van der Waals surface area contributed by atoms with Crippen molar-refractivity contribution in [3.05, 3.63) is 53.1 Å². The summed E-state index contributed by atoms with van der Waals surface area (Å²) in [6, 6.07) is 13.3. The van der Waals surface area contributed by atoms with E-state index in [0.717, 1.165) is 34.2 Å². The van der Waals surface area contributed by atoms with Gasteiger partial charge in [-0.2, -0.15) is 0 Å². The second-order valence-corrected chi connectivity index (χ2v) is 6.94. The van der Waals surface area contributed by atoms with Crippen LogP contribution in [-0.4, -0.2) is 31.4 Å². The first kappa shape index (κ1) is 17.1. The fourth-order valence-electron chi connectivity index (χ4n) is 2.90. The average molecular weight is 416 g/mol. The van der Waals surface area contributed by atoms with Gasteiger partial charge in [0.2, 0.25) is 0 Å². The molecule has 1 aliphatic heterocycles. The summed E-state index contributed by atoms with van der Waals surface area (Å²) < 4.78 is 23.9. The summed E-state index contributed by atoms with van der Waals surface area (Å²) in [5.41, 5.74) is 0.869. The van der Waals surface area contributed by atoms with Crippen molar-refractivity contribution in [1.82, 2.24) is 4.98 Å². The third-order valence-corrected chi connectivity index (χ3v) is 4.66. The maximum atomic E-state index is 6.14. The minimum Gasteiger partial charge on any atom is -0.496 e. The zero-order valence-electron chi connectivity index (χ0n) is 14.3. The van der Waals surface area contributed by atoms with E-state index in [1.54, 1.807) is 13.3 Å². The van der Waals surface area contributed by atoms with Crippen molar-refractivity contribution in [1.29, 1.82) is 0 Å². The van der Waals surface area contributed by atoms with Crippen LogP contribution in [0, 0.1) is 0 Å². The Hall–Kier alpha value is -2.31. The summed E-state index contributed by atoms with van der Waals surface area (Å²) in [7, 11) is 1.63. The number of nitrogens with zero attached hydrogens (tertiary/aromatic N) is 1. The smallest absolute Gasteiger partial charge is 0.138 e. The van der Waals surface area contributed by atoms with Gasteiger partial charge in [-0.25, -0.2) is 0 Å². The van der Waals surface area contributed by atoms with Gasteiger partial charge in [-0.1, -0.05) is 15.9 Å². The molecule has 1 saturated heterocycles. The molecule has 6 heteroatoms. The van der Waals surface area contributed by atoms with E-state index in [-0.39, 0.29) is 6.10 Å². The van der Waals surface area contributed by atoms with E-state index in [4.69, 9.17) is 18.9 Å². The molecule has 2 aromatic carbocycles. The fraction of sp³-hybridized carbons (Fsp3) is 0.250. The van der Waals surface area contributed by atoms with Crippen molar-refractivity contribution in [2.24, 2.45) is 0 Å². The molecule has 2 heterocycles. The third kappa shape index (κ3) is 3.76. The van der Waals surface area contributed by atoms with Crippen LogP contribution < -0.4 is 14.2 Å². The van der Waals surface area contributed by atoms with Crippen LogP contribution in [-0.2, 0) is 4.74 Å². The molecule has 1 unspecified atom stereocenters. The van der Waals surface area contributed by atoms with Gasteiger partial charge in [0, 0.05) is 40.7 Å². The molecule has 0 saturated carbocycles. The van der Waals surface area contributed by atoms with Crippen LogP contribution in [0.4, 0.5) is 0 Å².